The van der Waals surface area contributed by atoms with Gasteiger partial charge in [0.2, 0.25) is 11.9 Å². The fourth-order valence-corrected chi connectivity index (χ4v) is 2.65. The smallest absolute Gasteiger partial charge is 0.249 e. The van der Waals surface area contributed by atoms with Gasteiger partial charge in [-0.25, -0.2) is 0 Å². The van der Waals surface area contributed by atoms with Crippen molar-refractivity contribution in [3.63, 3.8) is 0 Å². The number of ether oxygens (including phenoxy) is 2. The number of nitrogens with zero attached hydrogens (tertiary/aromatic N) is 3. The van der Waals surface area contributed by atoms with Gasteiger partial charge in [0.1, 0.15) is 13.2 Å². The number of nitrogens with one attached hydrogen (secondary N) is 3. The van der Waals surface area contributed by atoms with E-state index in [-0.39, 0.29) is 5.91 Å². The number of aromatic nitrogens is 3. The molecule has 3 N–H and O–H groups in total. The van der Waals surface area contributed by atoms with Crippen molar-refractivity contribution in [2.24, 2.45) is 0 Å². The van der Waals surface area contributed by atoms with Gasteiger partial charge in [0.25, 0.3) is 0 Å². The molecule has 0 radical (unpaired) electrons. The number of benzene rings is 2. The zero-order chi connectivity index (χ0) is 19.3. The molecule has 0 bridgehead atoms. The van der Waals surface area contributed by atoms with Crippen LogP contribution in [0.4, 0.5) is 28.8 Å². The van der Waals surface area contributed by atoms with Gasteiger partial charge in [-0.2, -0.15) is 10.1 Å². The standard InChI is InChI=1S/C19H18N6O3/c1-12(26)21-13-2-4-14(5-3-13)23-19-24-18(11-20-25-19)22-15-6-7-16-17(10-15)28-9-8-27-16/h2-7,10-11H,8-9H2,1H3,(H,21,26)(H2,22,23,24,25). The van der Waals surface area contributed by atoms with Crippen LogP contribution in [0, 0.1) is 0 Å². The number of carbonyl (C=O) groups is 1. The second-order valence-corrected chi connectivity index (χ2v) is 6.03. The number of fused-ring (bicyclic) bond motifs is 1. The van der Waals surface area contributed by atoms with Crippen LogP contribution in [-0.2, 0) is 4.79 Å². The first-order valence-electron chi connectivity index (χ1n) is 8.67. The zero-order valence-electron chi connectivity index (χ0n) is 15.1. The number of amides is 1. The topological polar surface area (TPSA) is 110 Å². The van der Waals surface area contributed by atoms with Gasteiger partial charge in [-0.15, -0.1) is 5.10 Å². The first kappa shape index (κ1) is 17.5. The second kappa shape index (κ2) is 7.78. The molecule has 1 aliphatic heterocycles. The molecule has 9 heteroatoms. The van der Waals surface area contributed by atoms with E-state index in [1.165, 1.54) is 13.1 Å². The monoisotopic (exact) mass is 378 g/mol. The molecule has 1 aromatic heterocycles. The number of rotatable bonds is 5. The first-order valence-corrected chi connectivity index (χ1v) is 8.67. The maximum atomic E-state index is 11.1. The Morgan fingerprint density at radius 3 is 2.43 bits per heavy atom. The minimum Gasteiger partial charge on any atom is -0.486 e. The Kier molecular flexibility index (Phi) is 4.87. The molecule has 28 heavy (non-hydrogen) atoms. The Hall–Kier alpha value is -3.88. The molecule has 0 unspecified atom stereocenters. The van der Waals surface area contributed by atoms with Crippen molar-refractivity contribution >= 4 is 34.7 Å². The Labute approximate surface area is 161 Å². The van der Waals surface area contributed by atoms with Crippen LogP contribution in [0.2, 0.25) is 0 Å². The molecule has 9 nitrogen and oxygen atoms in total. The molecule has 0 spiro atoms. The Bertz CT molecular complexity index is 993. The highest BCUT2D eigenvalue weighted by molar-refractivity contribution is 5.88. The predicted molar refractivity (Wildman–Crippen MR) is 105 cm³/mol. The van der Waals surface area contributed by atoms with Gasteiger partial charge in [-0.1, -0.05) is 0 Å². The van der Waals surface area contributed by atoms with Gasteiger partial charge in [-0.05, 0) is 36.4 Å². The average molecular weight is 378 g/mol. The Morgan fingerprint density at radius 1 is 0.929 bits per heavy atom. The van der Waals surface area contributed by atoms with Gasteiger partial charge in [0.05, 0.1) is 6.20 Å². The molecule has 0 atom stereocenters. The lowest BCUT2D eigenvalue weighted by molar-refractivity contribution is -0.114. The molecule has 1 amide bonds. The molecular formula is C19H18N6O3. The first-order chi connectivity index (χ1) is 13.7. The second-order valence-electron chi connectivity index (χ2n) is 6.03. The van der Waals surface area contributed by atoms with Crippen LogP contribution in [0.3, 0.4) is 0 Å². The molecule has 0 saturated heterocycles. The van der Waals surface area contributed by atoms with E-state index in [1.807, 2.05) is 30.3 Å². The molecule has 2 aromatic carbocycles. The number of hydrogen-bond acceptors (Lipinski definition) is 8. The van der Waals surface area contributed by atoms with Gasteiger partial charge < -0.3 is 25.4 Å². The van der Waals surface area contributed by atoms with E-state index in [0.717, 1.165) is 17.1 Å². The third-order valence-electron chi connectivity index (χ3n) is 3.83. The molecular weight excluding hydrogens is 360 g/mol. The molecule has 0 fully saturated rings. The van der Waals surface area contributed by atoms with E-state index in [9.17, 15) is 4.79 Å². The van der Waals surface area contributed by atoms with Crippen LogP contribution in [-0.4, -0.2) is 34.3 Å². The average Bonchev–Trinajstić information content (AvgIpc) is 2.69. The maximum absolute atomic E-state index is 11.1. The van der Waals surface area contributed by atoms with Crippen LogP contribution >= 0.6 is 0 Å². The highest BCUT2D eigenvalue weighted by Gasteiger charge is 2.12. The van der Waals surface area contributed by atoms with E-state index < -0.39 is 0 Å². The quantitative estimate of drug-likeness (QED) is 0.621. The highest BCUT2D eigenvalue weighted by Crippen LogP contribution is 2.33. The van der Waals surface area contributed by atoms with Crippen LogP contribution in [0.25, 0.3) is 0 Å². The van der Waals surface area contributed by atoms with E-state index in [1.54, 1.807) is 12.1 Å². The van der Waals surface area contributed by atoms with Gasteiger partial charge >= 0.3 is 0 Å². The summed E-state index contributed by atoms with van der Waals surface area (Å²) in [5, 5.41) is 16.9. The summed E-state index contributed by atoms with van der Waals surface area (Å²) in [5.74, 6) is 2.17. The fourth-order valence-electron chi connectivity index (χ4n) is 2.65. The van der Waals surface area contributed by atoms with Gasteiger partial charge in [0.15, 0.2) is 17.3 Å². The van der Waals surface area contributed by atoms with Crippen LogP contribution < -0.4 is 25.4 Å². The lowest BCUT2D eigenvalue weighted by atomic mass is 10.2. The summed E-state index contributed by atoms with van der Waals surface area (Å²) in [6.07, 6.45) is 1.53. The summed E-state index contributed by atoms with van der Waals surface area (Å²) in [6, 6.07) is 12.8. The summed E-state index contributed by atoms with van der Waals surface area (Å²) in [6.45, 7) is 2.54. The van der Waals surface area contributed by atoms with Crippen LogP contribution in [0.1, 0.15) is 6.92 Å². The van der Waals surface area contributed by atoms with Crippen molar-refractivity contribution < 1.29 is 14.3 Å². The molecule has 0 aliphatic carbocycles. The summed E-state index contributed by atoms with van der Waals surface area (Å²) in [7, 11) is 0. The minimum atomic E-state index is -0.119. The minimum absolute atomic E-state index is 0.119. The maximum Gasteiger partial charge on any atom is 0.249 e. The zero-order valence-corrected chi connectivity index (χ0v) is 15.1. The molecule has 142 valence electrons. The molecule has 2 heterocycles. The predicted octanol–water partition coefficient (Wildman–Crippen LogP) is 3.09. The van der Waals surface area contributed by atoms with E-state index in [2.05, 4.69) is 31.1 Å². The summed E-state index contributed by atoms with van der Waals surface area (Å²) in [4.78, 5) is 15.5. The third-order valence-corrected chi connectivity index (χ3v) is 3.83. The van der Waals surface area contributed by atoms with Crippen LogP contribution in [0.5, 0.6) is 11.5 Å². The van der Waals surface area contributed by atoms with Gasteiger partial charge in [-0.3, -0.25) is 4.79 Å². The van der Waals surface area contributed by atoms with Crippen molar-refractivity contribution in [3.8, 4) is 11.5 Å². The van der Waals surface area contributed by atoms with Crippen molar-refractivity contribution in [3.05, 3.63) is 48.7 Å². The highest BCUT2D eigenvalue weighted by atomic mass is 16.6. The lowest BCUT2D eigenvalue weighted by Crippen LogP contribution is -2.15. The van der Waals surface area contributed by atoms with Crippen molar-refractivity contribution in [2.45, 2.75) is 6.92 Å². The number of hydrogen-bond donors (Lipinski definition) is 3. The normalized spacial score (nSPS) is 12.2. The lowest BCUT2D eigenvalue weighted by Gasteiger charge is -2.19. The number of carbonyl (C=O) groups excluding carboxylic acids is 1. The van der Waals surface area contributed by atoms with Crippen molar-refractivity contribution in [1.82, 2.24) is 15.2 Å². The molecule has 1 aliphatic rings. The Balaban J connectivity index is 1.45. The van der Waals surface area contributed by atoms with E-state index >= 15 is 0 Å². The van der Waals surface area contributed by atoms with E-state index in [4.69, 9.17) is 9.47 Å². The van der Waals surface area contributed by atoms with Crippen molar-refractivity contribution in [2.75, 3.05) is 29.2 Å². The molecule has 0 saturated carbocycles. The SMILES string of the molecule is CC(=O)Nc1ccc(Nc2nncc(Nc3ccc4c(c3)OCCO4)n2)cc1. The summed E-state index contributed by atoms with van der Waals surface area (Å²) < 4.78 is 11.1. The third kappa shape index (κ3) is 4.26. The van der Waals surface area contributed by atoms with Crippen molar-refractivity contribution in [1.29, 1.82) is 0 Å². The molecule has 4 rings (SSSR count). The molecule has 3 aromatic rings. The fraction of sp³-hybridized carbons (Fsp3) is 0.158. The van der Waals surface area contributed by atoms with Gasteiger partial charge in [0, 0.05) is 30.1 Å². The number of anilines is 5. The summed E-state index contributed by atoms with van der Waals surface area (Å²) in [5.41, 5.74) is 2.29. The largest absolute Gasteiger partial charge is 0.486 e. The van der Waals surface area contributed by atoms with E-state index in [0.29, 0.717) is 36.4 Å². The summed E-state index contributed by atoms with van der Waals surface area (Å²) >= 11 is 0. The Morgan fingerprint density at radius 2 is 1.64 bits per heavy atom. The van der Waals surface area contributed by atoms with Crippen LogP contribution in [0.15, 0.2) is 48.7 Å².